The van der Waals surface area contributed by atoms with Crippen LogP contribution in [-0.4, -0.2) is 80.4 Å². The highest BCUT2D eigenvalue weighted by Gasteiger charge is 2.46. The Labute approximate surface area is 188 Å². The molecule has 0 radical (unpaired) electrons. The van der Waals surface area contributed by atoms with Crippen molar-refractivity contribution in [3.05, 3.63) is 28.7 Å². The van der Waals surface area contributed by atoms with Gasteiger partial charge in [-0.15, -0.1) is 17.9 Å². The number of thiazole rings is 1. The van der Waals surface area contributed by atoms with E-state index >= 15 is 0 Å². The molecule has 0 aliphatic carbocycles. The summed E-state index contributed by atoms with van der Waals surface area (Å²) in [5.74, 6) is -5.24. The topological polar surface area (TPSA) is 111 Å². The van der Waals surface area contributed by atoms with Gasteiger partial charge >= 0.3 is 24.3 Å². The molecule has 1 aromatic rings. The number of carboxylic acids is 2. The van der Waals surface area contributed by atoms with E-state index in [9.17, 15) is 31.1 Å². The van der Waals surface area contributed by atoms with Gasteiger partial charge in [-0.3, -0.25) is 9.69 Å². The number of fused-ring (bicyclic) bond motifs is 1. The molecule has 3 heterocycles. The lowest BCUT2D eigenvalue weighted by molar-refractivity contribution is -0.193. The van der Waals surface area contributed by atoms with Crippen molar-refractivity contribution in [2.45, 2.75) is 50.7 Å². The summed E-state index contributed by atoms with van der Waals surface area (Å²) >= 11 is 1.69. The second-order valence-corrected chi connectivity index (χ2v) is 7.96. The number of nitrogens with zero attached hydrogens (tertiary/aromatic N) is 3. The monoisotopic (exact) mass is 505 g/mol. The van der Waals surface area contributed by atoms with Crippen molar-refractivity contribution in [2.75, 3.05) is 13.1 Å². The largest absolute Gasteiger partial charge is 0.490 e. The van der Waals surface area contributed by atoms with Crippen LogP contribution in [0.1, 0.15) is 23.5 Å². The minimum Gasteiger partial charge on any atom is -0.475 e. The van der Waals surface area contributed by atoms with Crippen molar-refractivity contribution in [2.24, 2.45) is 0 Å². The van der Waals surface area contributed by atoms with Crippen molar-refractivity contribution >= 4 is 29.2 Å². The lowest BCUT2D eigenvalue weighted by atomic mass is 10.1. The maximum atomic E-state index is 12.0. The molecule has 2 fully saturated rings. The number of aliphatic carboxylic acids is 2. The third kappa shape index (κ3) is 8.64. The first-order valence-corrected chi connectivity index (χ1v) is 10.1. The third-order valence-electron chi connectivity index (χ3n) is 4.57. The third-order valence-corrected chi connectivity index (χ3v) is 5.39. The highest BCUT2D eigenvalue weighted by atomic mass is 32.1. The Morgan fingerprint density at radius 3 is 2.09 bits per heavy atom. The summed E-state index contributed by atoms with van der Waals surface area (Å²) < 4.78 is 63.5. The van der Waals surface area contributed by atoms with Crippen LogP contribution >= 0.6 is 11.3 Å². The van der Waals surface area contributed by atoms with E-state index in [-0.39, 0.29) is 5.91 Å². The average molecular weight is 505 g/mol. The Hall–Kier alpha value is -2.68. The molecule has 1 amide bonds. The minimum absolute atomic E-state index is 0.272. The molecule has 1 aromatic heterocycles. The van der Waals surface area contributed by atoms with Gasteiger partial charge in [-0.25, -0.2) is 14.6 Å². The van der Waals surface area contributed by atoms with Crippen molar-refractivity contribution in [3.63, 3.8) is 0 Å². The number of carboxylic acid groups (broad SMARTS) is 2. The Balaban J connectivity index is 0.000000324. The molecule has 15 heteroatoms. The van der Waals surface area contributed by atoms with Crippen LogP contribution in [-0.2, 0) is 20.9 Å². The van der Waals surface area contributed by atoms with Crippen molar-refractivity contribution in [3.8, 4) is 0 Å². The molecule has 2 atom stereocenters. The number of aromatic nitrogens is 1. The van der Waals surface area contributed by atoms with Crippen molar-refractivity contribution in [1.29, 1.82) is 0 Å². The molecule has 2 aliphatic heterocycles. The molecule has 0 spiro atoms. The zero-order chi connectivity index (χ0) is 25.6. The Morgan fingerprint density at radius 1 is 1.18 bits per heavy atom. The zero-order valence-corrected chi connectivity index (χ0v) is 18.0. The molecule has 0 bridgehead atoms. The van der Waals surface area contributed by atoms with E-state index in [0.717, 1.165) is 30.2 Å². The quantitative estimate of drug-likeness (QED) is 0.478. The van der Waals surface area contributed by atoms with Crippen LogP contribution in [0.4, 0.5) is 26.3 Å². The van der Waals surface area contributed by atoms with E-state index in [1.807, 2.05) is 17.9 Å². The van der Waals surface area contributed by atoms with Crippen LogP contribution in [0.15, 0.2) is 18.0 Å². The van der Waals surface area contributed by atoms with Gasteiger partial charge in [0.2, 0.25) is 5.91 Å². The van der Waals surface area contributed by atoms with Gasteiger partial charge in [-0.05, 0) is 13.3 Å². The first-order valence-electron chi connectivity index (χ1n) is 9.23. The van der Waals surface area contributed by atoms with E-state index in [0.29, 0.717) is 25.0 Å². The van der Waals surface area contributed by atoms with Gasteiger partial charge in [0.25, 0.3) is 0 Å². The second kappa shape index (κ2) is 11.4. The molecule has 2 saturated heterocycles. The maximum absolute atomic E-state index is 12.0. The highest BCUT2D eigenvalue weighted by molar-refractivity contribution is 7.09. The number of rotatable bonds is 4. The number of aryl methyl sites for hydroxylation is 1. The fourth-order valence-corrected chi connectivity index (χ4v) is 3.87. The molecule has 2 unspecified atom stereocenters. The number of carbonyl (C=O) groups excluding carboxylic acids is 1. The number of likely N-dealkylation sites (tertiary alicyclic amines) is 2. The number of carbonyl (C=O) groups is 3. The van der Waals surface area contributed by atoms with Crippen LogP contribution in [0.2, 0.25) is 0 Å². The first-order chi connectivity index (χ1) is 15.1. The SMILES string of the molecule is C=CCN1C(=O)CC2C1CCN2Cc1csc(C)n1.O=C(O)C(F)(F)F.O=C(O)C(F)(F)F. The molecule has 3 rings (SSSR count). The van der Waals surface area contributed by atoms with Gasteiger partial charge in [-0.2, -0.15) is 26.3 Å². The van der Waals surface area contributed by atoms with Crippen LogP contribution in [0.3, 0.4) is 0 Å². The van der Waals surface area contributed by atoms with Crippen LogP contribution < -0.4 is 0 Å². The Morgan fingerprint density at radius 2 is 1.70 bits per heavy atom. The molecule has 2 aliphatic rings. The maximum Gasteiger partial charge on any atom is 0.490 e. The molecular weight excluding hydrogens is 484 g/mol. The molecule has 2 N–H and O–H groups in total. The van der Waals surface area contributed by atoms with Gasteiger partial charge in [0.1, 0.15) is 0 Å². The van der Waals surface area contributed by atoms with Crippen molar-refractivity contribution < 1.29 is 50.9 Å². The Bertz CT molecular complexity index is 833. The van der Waals surface area contributed by atoms with Gasteiger partial charge in [0.05, 0.1) is 10.7 Å². The van der Waals surface area contributed by atoms with Gasteiger partial charge < -0.3 is 15.1 Å². The predicted molar refractivity (Wildman–Crippen MR) is 103 cm³/mol. The number of alkyl halides is 6. The molecular formula is C18H21F6N3O5S. The van der Waals surface area contributed by atoms with Crippen LogP contribution in [0.5, 0.6) is 0 Å². The lowest BCUT2D eigenvalue weighted by Crippen LogP contribution is -2.37. The summed E-state index contributed by atoms with van der Waals surface area (Å²) in [4.78, 5) is 38.7. The highest BCUT2D eigenvalue weighted by Crippen LogP contribution is 2.33. The second-order valence-electron chi connectivity index (χ2n) is 6.90. The number of amides is 1. The van der Waals surface area contributed by atoms with Gasteiger partial charge in [0.15, 0.2) is 0 Å². The first kappa shape index (κ1) is 28.4. The van der Waals surface area contributed by atoms with Crippen LogP contribution in [0, 0.1) is 6.92 Å². The summed E-state index contributed by atoms with van der Waals surface area (Å²) in [6.07, 6.45) is -6.61. The fraction of sp³-hybridized carbons (Fsp3) is 0.556. The summed E-state index contributed by atoms with van der Waals surface area (Å²) in [7, 11) is 0. The van der Waals surface area contributed by atoms with Crippen molar-refractivity contribution in [1.82, 2.24) is 14.8 Å². The Kier molecular flexibility index (Phi) is 9.84. The minimum atomic E-state index is -5.08. The average Bonchev–Trinajstić information content (AvgIpc) is 3.33. The zero-order valence-electron chi connectivity index (χ0n) is 17.2. The number of halogens is 6. The number of hydrogen-bond acceptors (Lipinski definition) is 6. The summed E-state index contributed by atoms with van der Waals surface area (Å²) in [6, 6.07) is 0.750. The van der Waals surface area contributed by atoms with E-state index in [1.165, 1.54) is 0 Å². The van der Waals surface area contributed by atoms with Gasteiger partial charge in [0, 0.05) is 43.5 Å². The standard InChI is InChI=1S/C14H19N3OS.2C2HF3O2/c1-3-5-17-12-4-6-16(13(12)7-14(17)18)8-11-9-19-10(2)15-11;2*3-2(4,5)1(6)7/h3,9,12-13H,1,4-8H2,2H3;2*(H,6,7). The van der Waals surface area contributed by atoms with Crippen LogP contribution in [0.25, 0.3) is 0 Å². The van der Waals surface area contributed by atoms with Gasteiger partial charge in [-0.1, -0.05) is 6.08 Å². The molecule has 186 valence electrons. The number of hydrogen-bond donors (Lipinski definition) is 2. The predicted octanol–water partition coefficient (Wildman–Crippen LogP) is 3.08. The fourth-order valence-electron chi connectivity index (χ4n) is 3.27. The van der Waals surface area contributed by atoms with E-state index in [1.54, 1.807) is 11.3 Å². The smallest absolute Gasteiger partial charge is 0.475 e. The normalized spacial score (nSPS) is 20.3. The lowest BCUT2D eigenvalue weighted by Gasteiger charge is -2.24. The molecule has 0 aromatic carbocycles. The molecule has 8 nitrogen and oxygen atoms in total. The summed E-state index contributed by atoms with van der Waals surface area (Å²) in [6.45, 7) is 8.40. The molecule has 33 heavy (non-hydrogen) atoms. The summed E-state index contributed by atoms with van der Waals surface area (Å²) in [5.41, 5.74) is 1.14. The molecule has 0 saturated carbocycles. The summed E-state index contributed by atoms with van der Waals surface area (Å²) in [5, 5.41) is 17.5. The van der Waals surface area contributed by atoms with E-state index < -0.39 is 24.3 Å². The van der Waals surface area contributed by atoms with E-state index in [2.05, 4.69) is 21.8 Å². The van der Waals surface area contributed by atoms with E-state index in [4.69, 9.17) is 19.8 Å².